The third-order valence-corrected chi connectivity index (χ3v) is 3.28. The Hall–Kier alpha value is -2.89. The summed E-state index contributed by atoms with van der Waals surface area (Å²) in [5.74, 6) is 2.49. The second kappa shape index (κ2) is 8.67. The highest BCUT2D eigenvalue weighted by atomic mass is 16.5. The molecule has 3 N–H and O–H groups in total. The first-order chi connectivity index (χ1) is 11.6. The normalized spacial score (nSPS) is 12.4. The van der Waals surface area contributed by atoms with Gasteiger partial charge in [-0.05, 0) is 43.3 Å². The molecule has 0 aromatic heterocycles. The van der Waals surface area contributed by atoms with Crippen molar-refractivity contribution in [2.24, 2.45) is 10.7 Å². The summed E-state index contributed by atoms with van der Waals surface area (Å²) in [7, 11) is 3.24. The predicted octanol–water partition coefficient (Wildman–Crippen LogP) is 2.90. The zero-order valence-electron chi connectivity index (χ0n) is 14.2. The van der Waals surface area contributed by atoms with Crippen LogP contribution in [0.2, 0.25) is 0 Å². The van der Waals surface area contributed by atoms with E-state index in [1.54, 1.807) is 14.2 Å². The second-order valence-corrected chi connectivity index (χ2v) is 5.16. The Morgan fingerprint density at radius 1 is 1.04 bits per heavy atom. The third-order valence-electron chi connectivity index (χ3n) is 3.28. The van der Waals surface area contributed by atoms with Gasteiger partial charge in [-0.25, -0.2) is 4.99 Å². The molecule has 0 aliphatic carbocycles. The number of methoxy groups -OCH3 is 2. The SMILES string of the molecule is COc1ccc(NC(N)=NCC(C)Oc2ccccc2OC)cc1. The average Bonchev–Trinajstić information content (AvgIpc) is 2.61. The number of nitrogens with zero attached hydrogens (tertiary/aromatic N) is 1. The van der Waals surface area contributed by atoms with E-state index in [4.69, 9.17) is 19.9 Å². The van der Waals surface area contributed by atoms with Gasteiger partial charge in [0.1, 0.15) is 11.9 Å². The largest absolute Gasteiger partial charge is 0.497 e. The van der Waals surface area contributed by atoms with Gasteiger partial charge in [0.2, 0.25) is 0 Å². The molecule has 6 nitrogen and oxygen atoms in total. The topological polar surface area (TPSA) is 78.1 Å². The van der Waals surface area contributed by atoms with E-state index in [-0.39, 0.29) is 6.10 Å². The Balaban J connectivity index is 1.88. The molecule has 1 atom stereocenters. The van der Waals surface area contributed by atoms with E-state index >= 15 is 0 Å². The molecule has 0 bridgehead atoms. The minimum absolute atomic E-state index is 0.141. The molecule has 0 spiro atoms. The Morgan fingerprint density at radius 3 is 2.33 bits per heavy atom. The van der Waals surface area contributed by atoms with Gasteiger partial charge in [-0.1, -0.05) is 12.1 Å². The average molecular weight is 329 g/mol. The molecule has 0 radical (unpaired) electrons. The molecule has 0 aliphatic heterocycles. The Kier molecular flexibility index (Phi) is 6.31. The summed E-state index contributed by atoms with van der Waals surface area (Å²) in [6.07, 6.45) is -0.141. The molecule has 2 aromatic rings. The zero-order chi connectivity index (χ0) is 17.4. The highest BCUT2D eigenvalue weighted by Gasteiger charge is 2.08. The standard InChI is InChI=1S/C18H23N3O3/c1-13(24-17-7-5-4-6-16(17)23-3)12-20-18(19)21-14-8-10-15(22-2)11-9-14/h4-11,13H,12H2,1-3H3,(H3,19,20,21). The lowest BCUT2D eigenvalue weighted by molar-refractivity contribution is 0.219. The lowest BCUT2D eigenvalue weighted by Crippen LogP contribution is -2.25. The number of ether oxygens (including phenoxy) is 3. The maximum absolute atomic E-state index is 5.90. The fourth-order valence-electron chi connectivity index (χ4n) is 2.06. The van der Waals surface area contributed by atoms with E-state index in [0.29, 0.717) is 24.0 Å². The van der Waals surface area contributed by atoms with Gasteiger partial charge in [0.25, 0.3) is 0 Å². The van der Waals surface area contributed by atoms with Crippen LogP contribution in [0.3, 0.4) is 0 Å². The first-order valence-corrected chi connectivity index (χ1v) is 7.63. The Morgan fingerprint density at radius 2 is 1.71 bits per heavy atom. The molecule has 0 amide bonds. The van der Waals surface area contributed by atoms with Gasteiger partial charge < -0.3 is 25.3 Å². The quantitative estimate of drug-likeness (QED) is 0.603. The maximum atomic E-state index is 5.90. The summed E-state index contributed by atoms with van der Waals surface area (Å²) in [5.41, 5.74) is 6.74. The molecule has 0 heterocycles. The number of hydrogen-bond acceptors (Lipinski definition) is 4. The van der Waals surface area contributed by atoms with Crippen LogP contribution in [0.5, 0.6) is 17.2 Å². The van der Waals surface area contributed by atoms with Crippen molar-refractivity contribution in [1.29, 1.82) is 0 Å². The molecule has 128 valence electrons. The number of nitrogens with two attached hydrogens (primary N) is 1. The molecule has 2 aromatic carbocycles. The van der Waals surface area contributed by atoms with E-state index < -0.39 is 0 Å². The molecule has 24 heavy (non-hydrogen) atoms. The minimum atomic E-state index is -0.141. The van der Waals surface area contributed by atoms with Gasteiger partial charge >= 0.3 is 0 Å². The maximum Gasteiger partial charge on any atom is 0.193 e. The van der Waals surface area contributed by atoms with E-state index in [2.05, 4.69) is 10.3 Å². The summed E-state index contributed by atoms with van der Waals surface area (Å²) in [6, 6.07) is 14.9. The van der Waals surface area contributed by atoms with E-state index in [0.717, 1.165) is 11.4 Å². The minimum Gasteiger partial charge on any atom is -0.497 e. The van der Waals surface area contributed by atoms with E-state index in [9.17, 15) is 0 Å². The van der Waals surface area contributed by atoms with Gasteiger partial charge in [0.15, 0.2) is 17.5 Å². The van der Waals surface area contributed by atoms with Crippen molar-refractivity contribution in [2.75, 3.05) is 26.1 Å². The number of anilines is 1. The second-order valence-electron chi connectivity index (χ2n) is 5.16. The van der Waals surface area contributed by atoms with Crippen LogP contribution in [0.15, 0.2) is 53.5 Å². The molecule has 0 saturated carbocycles. The Bertz CT molecular complexity index is 671. The number of hydrogen-bond donors (Lipinski definition) is 2. The molecule has 0 aliphatic rings. The summed E-state index contributed by atoms with van der Waals surface area (Å²) < 4.78 is 16.2. The lowest BCUT2D eigenvalue weighted by atomic mass is 10.3. The Labute approximate surface area is 142 Å². The van der Waals surface area contributed by atoms with Crippen LogP contribution in [0, 0.1) is 0 Å². The third kappa shape index (κ3) is 5.08. The van der Waals surface area contributed by atoms with Gasteiger partial charge in [-0.15, -0.1) is 0 Å². The van der Waals surface area contributed by atoms with Gasteiger partial charge in [-0.2, -0.15) is 0 Å². The van der Waals surface area contributed by atoms with Crippen molar-refractivity contribution in [3.05, 3.63) is 48.5 Å². The van der Waals surface area contributed by atoms with Gasteiger partial charge in [0.05, 0.1) is 20.8 Å². The monoisotopic (exact) mass is 329 g/mol. The van der Waals surface area contributed by atoms with Crippen LogP contribution >= 0.6 is 0 Å². The number of para-hydroxylation sites is 2. The van der Waals surface area contributed by atoms with Crippen molar-refractivity contribution in [3.8, 4) is 17.2 Å². The van der Waals surface area contributed by atoms with Gasteiger partial charge in [0, 0.05) is 5.69 Å². The van der Waals surface area contributed by atoms with E-state index in [1.165, 1.54) is 0 Å². The fourth-order valence-corrected chi connectivity index (χ4v) is 2.06. The molecule has 0 fully saturated rings. The number of benzene rings is 2. The van der Waals surface area contributed by atoms with Crippen molar-refractivity contribution in [1.82, 2.24) is 0 Å². The van der Waals surface area contributed by atoms with Crippen LogP contribution in [0.4, 0.5) is 5.69 Å². The van der Waals surface area contributed by atoms with Crippen LogP contribution in [-0.4, -0.2) is 32.8 Å². The highest BCUT2D eigenvalue weighted by Crippen LogP contribution is 2.26. The summed E-state index contributed by atoms with van der Waals surface area (Å²) >= 11 is 0. The molecular formula is C18H23N3O3. The van der Waals surface area contributed by atoms with Crippen LogP contribution in [-0.2, 0) is 0 Å². The predicted molar refractivity (Wildman–Crippen MR) is 96.2 cm³/mol. The smallest absolute Gasteiger partial charge is 0.193 e. The number of rotatable bonds is 7. The molecule has 2 rings (SSSR count). The summed E-state index contributed by atoms with van der Waals surface area (Å²) in [4.78, 5) is 4.30. The van der Waals surface area contributed by atoms with E-state index in [1.807, 2.05) is 55.5 Å². The number of guanidine groups is 1. The number of nitrogens with one attached hydrogen (secondary N) is 1. The van der Waals surface area contributed by atoms with Crippen LogP contribution < -0.4 is 25.3 Å². The molecule has 0 saturated heterocycles. The first-order valence-electron chi connectivity index (χ1n) is 7.63. The van der Waals surface area contributed by atoms with Gasteiger partial charge in [-0.3, -0.25) is 0 Å². The highest BCUT2D eigenvalue weighted by molar-refractivity contribution is 5.92. The van der Waals surface area contributed by atoms with Crippen molar-refractivity contribution in [2.45, 2.75) is 13.0 Å². The molecule has 6 heteroatoms. The van der Waals surface area contributed by atoms with Crippen molar-refractivity contribution >= 4 is 11.6 Å². The summed E-state index contributed by atoms with van der Waals surface area (Å²) in [5, 5.41) is 3.03. The fraction of sp³-hybridized carbons (Fsp3) is 0.278. The zero-order valence-corrected chi connectivity index (χ0v) is 14.2. The first kappa shape index (κ1) is 17.5. The van der Waals surface area contributed by atoms with Crippen molar-refractivity contribution in [3.63, 3.8) is 0 Å². The van der Waals surface area contributed by atoms with Crippen molar-refractivity contribution < 1.29 is 14.2 Å². The molecular weight excluding hydrogens is 306 g/mol. The van der Waals surface area contributed by atoms with Crippen LogP contribution in [0.25, 0.3) is 0 Å². The van der Waals surface area contributed by atoms with Crippen LogP contribution in [0.1, 0.15) is 6.92 Å². The number of aliphatic imine (C=N–C) groups is 1. The molecule has 1 unspecified atom stereocenters. The summed E-state index contributed by atoms with van der Waals surface area (Å²) in [6.45, 7) is 2.35. The lowest BCUT2D eigenvalue weighted by Gasteiger charge is -2.15.